The second-order valence-corrected chi connectivity index (χ2v) is 9.83. The fourth-order valence-corrected chi connectivity index (χ4v) is 5.36. The zero-order valence-corrected chi connectivity index (χ0v) is 18.6. The van der Waals surface area contributed by atoms with E-state index in [1.54, 1.807) is 36.4 Å². The van der Waals surface area contributed by atoms with Gasteiger partial charge in [-0.05, 0) is 43.3 Å². The number of rotatable bonds is 7. The average Bonchev–Trinajstić information content (AvgIpc) is 3.24. The van der Waals surface area contributed by atoms with Gasteiger partial charge in [0.1, 0.15) is 5.82 Å². The molecule has 4 rings (SSSR count). The molecule has 0 radical (unpaired) electrons. The number of benzene rings is 3. The summed E-state index contributed by atoms with van der Waals surface area (Å²) in [5.74, 6) is -0.625. The van der Waals surface area contributed by atoms with Crippen LogP contribution in [0.2, 0.25) is 0 Å². The summed E-state index contributed by atoms with van der Waals surface area (Å²) < 4.78 is 45.6. The van der Waals surface area contributed by atoms with E-state index in [2.05, 4.69) is 4.98 Å². The van der Waals surface area contributed by atoms with Crippen LogP contribution in [0.3, 0.4) is 0 Å². The van der Waals surface area contributed by atoms with Crippen LogP contribution in [-0.2, 0) is 9.84 Å². The Kier molecular flexibility index (Phi) is 6.25. The van der Waals surface area contributed by atoms with E-state index in [0.717, 1.165) is 29.5 Å². The molecule has 32 heavy (non-hydrogen) atoms. The Morgan fingerprint density at radius 2 is 1.62 bits per heavy atom. The summed E-state index contributed by atoms with van der Waals surface area (Å²) >= 11 is 0.961. The highest BCUT2D eigenvalue weighted by atomic mass is 32.2. The van der Waals surface area contributed by atoms with Gasteiger partial charge in [0.05, 0.1) is 10.6 Å². The maximum atomic E-state index is 13.3. The van der Waals surface area contributed by atoms with E-state index in [4.69, 9.17) is 4.42 Å². The van der Waals surface area contributed by atoms with E-state index in [9.17, 15) is 17.6 Å². The van der Waals surface area contributed by atoms with E-state index in [1.165, 1.54) is 12.1 Å². The Bertz CT molecular complexity index is 1350. The highest BCUT2D eigenvalue weighted by Crippen LogP contribution is 2.35. The molecule has 8 heteroatoms. The van der Waals surface area contributed by atoms with Crippen LogP contribution in [0, 0.1) is 12.7 Å². The van der Waals surface area contributed by atoms with Crippen molar-refractivity contribution >= 4 is 27.4 Å². The zero-order chi connectivity index (χ0) is 22.7. The quantitative estimate of drug-likeness (QED) is 0.200. The first kappa shape index (κ1) is 22.0. The van der Waals surface area contributed by atoms with Gasteiger partial charge in [0.25, 0.3) is 0 Å². The summed E-state index contributed by atoms with van der Waals surface area (Å²) in [4.78, 5) is 16.7. The SMILES string of the molecule is Cc1ccc(-c2nc(S(=O)(=O)c3ccc(F)cc3)c(SCC(=O)c3ccccc3)o2)cc1. The lowest BCUT2D eigenvalue weighted by atomic mass is 10.1. The van der Waals surface area contributed by atoms with Crippen LogP contribution in [0.5, 0.6) is 0 Å². The minimum atomic E-state index is -4.10. The van der Waals surface area contributed by atoms with Gasteiger partial charge in [0, 0.05) is 11.1 Å². The minimum Gasteiger partial charge on any atom is -0.428 e. The first-order chi connectivity index (χ1) is 15.3. The monoisotopic (exact) mass is 467 g/mol. The molecule has 5 nitrogen and oxygen atoms in total. The number of aromatic nitrogens is 1. The standard InChI is InChI=1S/C24H18FNO4S2/c1-16-7-9-18(10-8-16)22-26-23(32(28,29)20-13-11-19(25)12-14-20)24(30-22)31-15-21(27)17-5-3-2-4-6-17/h2-14H,15H2,1H3. The number of aryl methyl sites for hydroxylation is 1. The van der Waals surface area contributed by atoms with Crippen molar-refractivity contribution in [3.05, 3.63) is 95.8 Å². The summed E-state index contributed by atoms with van der Waals surface area (Å²) in [6.45, 7) is 1.93. The van der Waals surface area contributed by atoms with E-state index in [-0.39, 0.29) is 32.4 Å². The largest absolute Gasteiger partial charge is 0.428 e. The van der Waals surface area contributed by atoms with Crippen molar-refractivity contribution in [3.63, 3.8) is 0 Å². The molecule has 3 aromatic carbocycles. The molecular formula is C24H18FNO4S2. The van der Waals surface area contributed by atoms with Crippen molar-refractivity contribution in [3.8, 4) is 11.5 Å². The van der Waals surface area contributed by atoms with Crippen molar-refractivity contribution in [1.82, 2.24) is 4.98 Å². The van der Waals surface area contributed by atoms with Crippen LogP contribution >= 0.6 is 11.8 Å². The third-order valence-corrected chi connectivity index (χ3v) is 7.43. The minimum absolute atomic E-state index is 0.00850. The molecule has 0 atom stereocenters. The van der Waals surface area contributed by atoms with Gasteiger partial charge in [-0.3, -0.25) is 4.79 Å². The third-order valence-electron chi connectivity index (χ3n) is 4.67. The van der Waals surface area contributed by atoms with Crippen molar-refractivity contribution in [2.75, 3.05) is 5.75 Å². The van der Waals surface area contributed by atoms with E-state index in [0.29, 0.717) is 11.1 Å². The fraction of sp³-hybridized carbons (Fsp3) is 0.0833. The Morgan fingerprint density at radius 3 is 2.28 bits per heavy atom. The number of carbonyl (C=O) groups is 1. The van der Waals surface area contributed by atoms with Gasteiger partial charge >= 0.3 is 0 Å². The Labute approximate surface area is 189 Å². The highest BCUT2D eigenvalue weighted by molar-refractivity contribution is 8.00. The van der Waals surface area contributed by atoms with Crippen molar-refractivity contribution in [2.24, 2.45) is 0 Å². The van der Waals surface area contributed by atoms with E-state index < -0.39 is 15.7 Å². The van der Waals surface area contributed by atoms with Gasteiger partial charge in [-0.2, -0.15) is 4.98 Å². The van der Waals surface area contributed by atoms with Crippen LogP contribution in [0.15, 0.2) is 98.3 Å². The summed E-state index contributed by atoms with van der Waals surface area (Å²) in [5.41, 5.74) is 2.15. The lowest BCUT2D eigenvalue weighted by Gasteiger charge is -2.04. The van der Waals surface area contributed by atoms with Gasteiger partial charge in [0.2, 0.25) is 25.8 Å². The molecule has 1 aromatic heterocycles. The predicted octanol–water partition coefficient (Wildman–Crippen LogP) is 5.60. The molecule has 162 valence electrons. The molecule has 0 aliphatic heterocycles. The van der Waals surface area contributed by atoms with Crippen LogP contribution in [0.1, 0.15) is 15.9 Å². The smallest absolute Gasteiger partial charge is 0.228 e. The Balaban J connectivity index is 1.72. The van der Waals surface area contributed by atoms with Gasteiger partial charge in [0.15, 0.2) is 5.78 Å². The van der Waals surface area contributed by atoms with Gasteiger partial charge < -0.3 is 4.42 Å². The first-order valence-electron chi connectivity index (χ1n) is 9.64. The molecule has 0 bridgehead atoms. The van der Waals surface area contributed by atoms with Crippen LogP contribution in [-0.4, -0.2) is 24.9 Å². The number of sulfone groups is 1. The number of oxazole rings is 1. The zero-order valence-electron chi connectivity index (χ0n) is 17.0. The van der Waals surface area contributed by atoms with Crippen LogP contribution < -0.4 is 0 Å². The highest BCUT2D eigenvalue weighted by Gasteiger charge is 2.29. The van der Waals surface area contributed by atoms with E-state index >= 15 is 0 Å². The molecule has 1 heterocycles. The second-order valence-electron chi connectivity index (χ2n) is 7.01. The lowest BCUT2D eigenvalue weighted by Crippen LogP contribution is -2.06. The number of ketones is 1. The molecule has 0 aliphatic carbocycles. The molecule has 0 unspecified atom stereocenters. The predicted molar refractivity (Wildman–Crippen MR) is 120 cm³/mol. The number of hydrogen-bond acceptors (Lipinski definition) is 6. The molecule has 0 amide bonds. The van der Waals surface area contributed by atoms with Crippen molar-refractivity contribution < 1.29 is 22.0 Å². The summed E-state index contributed by atoms with van der Waals surface area (Å²) in [6.07, 6.45) is 0. The van der Waals surface area contributed by atoms with Gasteiger partial charge in [-0.15, -0.1) is 0 Å². The maximum absolute atomic E-state index is 13.3. The molecular weight excluding hydrogens is 449 g/mol. The molecule has 0 fully saturated rings. The number of carbonyl (C=O) groups excluding carboxylic acids is 1. The number of nitrogens with zero attached hydrogens (tertiary/aromatic N) is 1. The number of hydrogen-bond donors (Lipinski definition) is 0. The van der Waals surface area contributed by atoms with Crippen LogP contribution in [0.4, 0.5) is 4.39 Å². The Morgan fingerprint density at radius 1 is 0.969 bits per heavy atom. The van der Waals surface area contributed by atoms with E-state index in [1.807, 2.05) is 25.1 Å². The third kappa shape index (κ3) is 4.66. The lowest BCUT2D eigenvalue weighted by molar-refractivity contribution is 0.102. The molecule has 4 aromatic rings. The average molecular weight is 468 g/mol. The molecule has 0 N–H and O–H groups in total. The second kappa shape index (κ2) is 9.10. The van der Waals surface area contributed by atoms with Crippen molar-refractivity contribution in [1.29, 1.82) is 0 Å². The normalized spacial score (nSPS) is 11.4. The topological polar surface area (TPSA) is 77.2 Å². The number of thioether (sulfide) groups is 1. The molecule has 0 saturated heterocycles. The molecule has 0 aliphatic rings. The first-order valence-corrected chi connectivity index (χ1v) is 12.1. The summed E-state index contributed by atoms with van der Waals surface area (Å²) in [6, 6.07) is 20.5. The number of halogens is 1. The number of Topliss-reactive ketones (excluding diaryl/α,β-unsaturated/α-hetero) is 1. The van der Waals surface area contributed by atoms with Gasteiger partial charge in [-0.1, -0.05) is 59.8 Å². The fourth-order valence-electron chi connectivity index (χ4n) is 2.94. The van der Waals surface area contributed by atoms with Crippen molar-refractivity contribution in [2.45, 2.75) is 21.9 Å². The van der Waals surface area contributed by atoms with Gasteiger partial charge in [-0.25, -0.2) is 12.8 Å². The summed E-state index contributed by atoms with van der Waals surface area (Å²) in [5, 5.41) is -0.292. The Hall–Kier alpha value is -3.23. The van der Waals surface area contributed by atoms with Crippen LogP contribution in [0.25, 0.3) is 11.5 Å². The molecule has 0 spiro atoms. The molecule has 0 saturated carbocycles. The maximum Gasteiger partial charge on any atom is 0.228 e. The summed E-state index contributed by atoms with van der Waals surface area (Å²) in [7, 11) is -4.10.